The second-order valence-corrected chi connectivity index (χ2v) is 11.2. The van der Waals surface area contributed by atoms with E-state index < -0.39 is 34.0 Å². The van der Waals surface area contributed by atoms with Gasteiger partial charge in [-0.1, -0.05) is 30.3 Å². The summed E-state index contributed by atoms with van der Waals surface area (Å²) in [5.41, 5.74) is 0.694. The number of rotatable bonds is 7. The van der Waals surface area contributed by atoms with Crippen molar-refractivity contribution in [1.82, 2.24) is 14.5 Å². The quantitative estimate of drug-likeness (QED) is 0.582. The highest BCUT2D eigenvalue weighted by molar-refractivity contribution is 7.89. The Morgan fingerprint density at radius 2 is 1.83 bits per heavy atom. The van der Waals surface area contributed by atoms with Crippen LogP contribution in [-0.2, 0) is 27.3 Å². The van der Waals surface area contributed by atoms with Crippen LogP contribution in [0.5, 0.6) is 0 Å². The molecule has 2 saturated heterocycles. The first-order valence-corrected chi connectivity index (χ1v) is 13.2. The van der Waals surface area contributed by atoms with E-state index in [1.54, 1.807) is 0 Å². The van der Waals surface area contributed by atoms with E-state index in [-0.39, 0.29) is 41.6 Å². The van der Waals surface area contributed by atoms with Crippen molar-refractivity contribution < 1.29 is 31.9 Å². The molecule has 0 spiro atoms. The van der Waals surface area contributed by atoms with Crippen LogP contribution in [0, 0.1) is 0 Å². The fourth-order valence-electron chi connectivity index (χ4n) is 4.54. The smallest absolute Gasteiger partial charge is 0.270 e. The van der Waals surface area contributed by atoms with Gasteiger partial charge in [-0.25, -0.2) is 17.2 Å². The molecule has 194 valence electrons. The molecule has 36 heavy (non-hydrogen) atoms. The van der Waals surface area contributed by atoms with Crippen molar-refractivity contribution >= 4 is 21.8 Å². The van der Waals surface area contributed by atoms with Crippen LogP contribution in [0.4, 0.5) is 8.78 Å². The first kappa shape index (κ1) is 26.2. The van der Waals surface area contributed by atoms with Crippen molar-refractivity contribution in [3.63, 3.8) is 0 Å². The number of alkyl halides is 2. The van der Waals surface area contributed by atoms with E-state index in [4.69, 9.17) is 0 Å². The van der Waals surface area contributed by atoms with Crippen LogP contribution in [0.25, 0.3) is 0 Å². The van der Waals surface area contributed by atoms with Crippen LogP contribution in [-0.4, -0.2) is 66.3 Å². The number of hydrogen-bond acceptors (Lipinski definition) is 5. The number of halogens is 2. The van der Waals surface area contributed by atoms with Crippen molar-refractivity contribution in [2.24, 2.45) is 0 Å². The summed E-state index contributed by atoms with van der Waals surface area (Å²) in [6.07, 6.45) is 0.729. The Hall–Kier alpha value is -2.89. The van der Waals surface area contributed by atoms with Crippen molar-refractivity contribution in [2.75, 3.05) is 19.6 Å². The molecule has 2 aliphatic heterocycles. The maximum absolute atomic E-state index is 13.4. The number of benzene rings is 2. The molecule has 2 fully saturated rings. The average molecular weight is 522 g/mol. The predicted octanol–water partition coefficient (Wildman–Crippen LogP) is 2.47. The number of carbonyl (C=O) groups excluding carboxylic acids is 2. The summed E-state index contributed by atoms with van der Waals surface area (Å²) in [7, 11) is -3.86. The third-order valence-corrected chi connectivity index (χ3v) is 8.45. The van der Waals surface area contributed by atoms with Crippen LogP contribution in [0.3, 0.4) is 0 Å². The Kier molecular flexibility index (Phi) is 7.44. The molecular formula is C25H29F2N3O5S. The van der Waals surface area contributed by atoms with E-state index in [1.807, 2.05) is 0 Å². The second kappa shape index (κ2) is 10.2. The van der Waals surface area contributed by atoms with Gasteiger partial charge in [0.15, 0.2) is 0 Å². The molecule has 2 aliphatic rings. The van der Waals surface area contributed by atoms with E-state index in [9.17, 15) is 31.9 Å². The zero-order valence-electron chi connectivity index (χ0n) is 19.9. The largest absolute Gasteiger partial charge is 0.392 e. The van der Waals surface area contributed by atoms with Crippen molar-refractivity contribution in [1.29, 1.82) is 0 Å². The highest BCUT2D eigenvalue weighted by Crippen LogP contribution is 2.27. The predicted molar refractivity (Wildman–Crippen MR) is 128 cm³/mol. The van der Waals surface area contributed by atoms with Gasteiger partial charge in [0.2, 0.25) is 15.9 Å². The molecule has 2 atom stereocenters. The van der Waals surface area contributed by atoms with Crippen LogP contribution in [0.2, 0.25) is 0 Å². The molecule has 2 aromatic rings. The van der Waals surface area contributed by atoms with E-state index in [1.165, 1.54) is 57.7 Å². The van der Waals surface area contributed by atoms with E-state index in [0.717, 1.165) is 6.92 Å². The number of β-amino-alcohol motifs (C(OH)–C–C–N with tert-alkyl or cyclic N) is 1. The average Bonchev–Trinajstić information content (AvgIpc) is 3.51. The van der Waals surface area contributed by atoms with Crippen LogP contribution < -0.4 is 5.32 Å². The van der Waals surface area contributed by atoms with Gasteiger partial charge >= 0.3 is 0 Å². The molecule has 2 aromatic carbocycles. The fraction of sp³-hybridized carbons (Fsp3) is 0.440. The zero-order valence-corrected chi connectivity index (χ0v) is 20.7. The van der Waals surface area contributed by atoms with E-state index >= 15 is 0 Å². The summed E-state index contributed by atoms with van der Waals surface area (Å²) in [6.45, 7) is 1.52. The molecule has 2 heterocycles. The number of hydrogen-bond donors (Lipinski definition) is 2. The topological polar surface area (TPSA) is 107 Å². The number of likely N-dealkylation sites (tertiary alicyclic amines) is 1. The Labute approximate surface area is 208 Å². The minimum Gasteiger partial charge on any atom is -0.392 e. The van der Waals surface area contributed by atoms with Crippen LogP contribution >= 0.6 is 0 Å². The summed E-state index contributed by atoms with van der Waals surface area (Å²) in [5, 5.41) is 12.5. The van der Waals surface area contributed by atoms with Crippen molar-refractivity contribution in [2.45, 2.75) is 55.7 Å². The van der Waals surface area contributed by atoms with Crippen molar-refractivity contribution in [3.05, 3.63) is 65.2 Å². The van der Waals surface area contributed by atoms with Gasteiger partial charge in [-0.3, -0.25) is 9.59 Å². The Bertz CT molecular complexity index is 1230. The molecule has 11 heteroatoms. The first-order valence-electron chi connectivity index (χ1n) is 11.8. The lowest BCUT2D eigenvalue weighted by Gasteiger charge is -2.24. The number of aliphatic hydroxyl groups excluding tert-OH is 1. The maximum Gasteiger partial charge on any atom is 0.270 e. The molecule has 0 aromatic heterocycles. The van der Waals surface area contributed by atoms with Gasteiger partial charge in [-0.2, -0.15) is 4.31 Å². The maximum atomic E-state index is 13.4. The van der Waals surface area contributed by atoms with E-state index in [2.05, 4.69) is 5.32 Å². The molecule has 8 nitrogen and oxygen atoms in total. The number of nitrogens with zero attached hydrogens (tertiary/aromatic N) is 2. The monoisotopic (exact) mass is 521 g/mol. The molecule has 0 saturated carbocycles. The summed E-state index contributed by atoms with van der Waals surface area (Å²) in [5.74, 6) is -3.75. The SMILES string of the molecule is CC(F)(F)c1ccc(CNC(=O)[C@H]2CCCN2C(=O)c2cccc(S(=O)(=O)N3CCC(O)C3)c2)cc1. The number of carbonyl (C=O) groups is 2. The number of nitrogens with one attached hydrogen (secondary N) is 1. The molecule has 2 N–H and O–H groups in total. The fourth-order valence-corrected chi connectivity index (χ4v) is 6.08. The summed E-state index contributed by atoms with van der Waals surface area (Å²) in [6, 6.07) is 10.7. The Balaban J connectivity index is 1.43. The van der Waals surface area contributed by atoms with Gasteiger partial charge in [-0.05, 0) is 43.0 Å². The number of amides is 2. The summed E-state index contributed by atoms with van der Waals surface area (Å²) < 4.78 is 53.8. The number of sulfonamides is 1. The van der Waals surface area contributed by atoms with E-state index in [0.29, 0.717) is 31.4 Å². The molecule has 4 rings (SSSR count). The lowest BCUT2D eigenvalue weighted by atomic mass is 10.1. The van der Waals surface area contributed by atoms with Crippen LogP contribution in [0.15, 0.2) is 53.4 Å². The second-order valence-electron chi connectivity index (χ2n) is 9.29. The first-order chi connectivity index (χ1) is 17.0. The minimum absolute atomic E-state index is 0.0124. The van der Waals surface area contributed by atoms with Gasteiger partial charge in [-0.15, -0.1) is 0 Å². The molecule has 0 bridgehead atoms. The lowest BCUT2D eigenvalue weighted by Crippen LogP contribution is -2.45. The highest BCUT2D eigenvalue weighted by atomic mass is 32.2. The molecule has 2 amide bonds. The summed E-state index contributed by atoms with van der Waals surface area (Å²) in [4.78, 5) is 27.5. The summed E-state index contributed by atoms with van der Waals surface area (Å²) >= 11 is 0. The minimum atomic E-state index is -3.86. The standard InChI is InChI=1S/C25H29F2N3O5S/c1-25(26,27)19-9-7-17(8-10-19)15-28-23(32)22-6-3-12-30(22)24(33)18-4-2-5-21(14-18)36(34,35)29-13-11-20(31)16-29/h2,4-5,7-10,14,20,22,31H,3,6,11-13,15-16H2,1H3,(H,28,32)/t20?,22-/m1/s1. The van der Waals surface area contributed by atoms with Crippen molar-refractivity contribution in [3.8, 4) is 0 Å². The molecular weight excluding hydrogens is 492 g/mol. The normalized spacial score (nSPS) is 21.1. The molecule has 1 unspecified atom stereocenters. The van der Waals surface area contributed by atoms with Crippen LogP contribution in [0.1, 0.15) is 47.7 Å². The molecule has 0 aliphatic carbocycles. The lowest BCUT2D eigenvalue weighted by molar-refractivity contribution is -0.125. The van der Waals surface area contributed by atoms with Gasteiger partial charge in [0.1, 0.15) is 6.04 Å². The van der Waals surface area contributed by atoms with Gasteiger partial charge < -0.3 is 15.3 Å². The number of aliphatic hydroxyl groups is 1. The van der Waals surface area contributed by atoms with Gasteiger partial charge in [0.25, 0.3) is 11.8 Å². The Morgan fingerprint density at radius 3 is 2.47 bits per heavy atom. The molecule has 0 radical (unpaired) electrons. The van der Waals surface area contributed by atoms with Gasteiger partial charge in [0.05, 0.1) is 11.0 Å². The Morgan fingerprint density at radius 1 is 1.11 bits per heavy atom. The van der Waals surface area contributed by atoms with Gasteiger partial charge in [0, 0.05) is 44.2 Å². The zero-order chi connectivity index (χ0) is 26.1. The third-order valence-electron chi connectivity index (χ3n) is 6.59. The third kappa shape index (κ3) is 5.58. The highest BCUT2D eigenvalue weighted by Gasteiger charge is 2.36.